The van der Waals surface area contributed by atoms with Crippen molar-refractivity contribution in [1.82, 2.24) is 5.32 Å². The molecule has 1 aromatic carbocycles. The van der Waals surface area contributed by atoms with E-state index in [1.54, 1.807) is 24.3 Å². The number of nitrogens with one attached hydrogen (secondary N) is 1. The zero-order chi connectivity index (χ0) is 10.4. The van der Waals surface area contributed by atoms with Crippen LogP contribution in [0.15, 0.2) is 35.2 Å². The van der Waals surface area contributed by atoms with E-state index >= 15 is 0 Å². The molecule has 0 saturated carbocycles. The Morgan fingerprint density at radius 1 is 1.21 bits per heavy atom. The molecule has 0 fully saturated rings. The second-order valence-electron chi connectivity index (χ2n) is 2.99. The molecule has 1 rings (SSSR count). The molecule has 4 heteroatoms. The molecule has 78 valence electrons. The summed E-state index contributed by atoms with van der Waals surface area (Å²) < 4.78 is 23.3. The van der Waals surface area contributed by atoms with E-state index in [9.17, 15) is 8.42 Å². The van der Waals surface area contributed by atoms with Gasteiger partial charge in [-0.3, -0.25) is 0 Å². The lowest BCUT2D eigenvalue weighted by molar-refractivity contribution is 0.592. The number of hydrogen-bond donors (Lipinski definition) is 1. The molecule has 0 saturated heterocycles. The van der Waals surface area contributed by atoms with Crippen LogP contribution in [0.3, 0.4) is 0 Å². The molecule has 0 radical (unpaired) electrons. The van der Waals surface area contributed by atoms with Gasteiger partial charge >= 0.3 is 0 Å². The van der Waals surface area contributed by atoms with Gasteiger partial charge in [-0.25, -0.2) is 8.42 Å². The molecule has 0 spiro atoms. The maximum Gasteiger partial charge on any atom is 0.179 e. The Hall–Kier alpha value is -0.870. The van der Waals surface area contributed by atoms with Crippen LogP contribution in [0.4, 0.5) is 0 Å². The minimum absolute atomic E-state index is 0.158. The molecular weight excluding hydrogens is 198 g/mol. The minimum atomic E-state index is -3.10. The predicted octanol–water partition coefficient (Wildman–Crippen LogP) is 1.07. The van der Waals surface area contributed by atoms with Crippen LogP contribution in [0, 0.1) is 0 Å². The molecule has 0 aliphatic heterocycles. The van der Waals surface area contributed by atoms with Gasteiger partial charge in [-0.15, -0.1) is 0 Å². The topological polar surface area (TPSA) is 46.2 Å². The number of hydrogen-bond acceptors (Lipinski definition) is 3. The maximum atomic E-state index is 11.7. The molecule has 0 aliphatic rings. The summed E-state index contributed by atoms with van der Waals surface area (Å²) in [7, 11) is -3.10. The quantitative estimate of drug-likeness (QED) is 0.744. The monoisotopic (exact) mass is 213 g/mol. The van der Waals surface area contributed by atoms with Crippen molar-refractivity contribution in [3.63, 3.8) is 0 Å². The van der Waals surface area contributed by atoms with Crippen LogP contribution < -0.4 is 5.32 Å². The minimum Gasteiger partial charge on any atom is -0.316 e. The number of rotatable bonds is 5. The van der Waals surface area contributed by atoms with Crippen molar-refractivity contribution in [2.45, 2.75) is 11.8 Å². The van der Waals surface area contributed by atoms with E-state index in [0.717, 1.165) is 6.54 Å². The van der Waals surface area contributed by atoms with E-state index in [-0.39, 0.29) is 5.75 Å². The fraction of sp³-hybridized carbons (Fsp3) is 0.400. The van der Waals surface area contributed by atoms with Crippen LogP contribution in [-0.4, -0.2) is 27.3 Å². The van der Waals surface area contributed by atoms with Crippen LogP contribution in [0.1, 0.15) is 6.92 Å². The van der Waals surface area contributed by atoms with Gasteiger partial charge in [0.25, 0.3) is 0 Å². The molecule has 0 unspecified atom stereocenters. The second-order valence-corrected chi connectivity index (χ2v) is 5.09. The van der Waals surface area contributed by atoms with Gasteiger partial charge in [0.2, 0.25) is 0 Å². The first-order valence-corrected chi connectivity index (χ1v) is 6.30. The summed E-state index contributed by atoms with van der Waals surface area (Å²) in [6.07, 6.45) is 0. The molecule has 0 atom stereocenters. The predicted molar refractivity (Wildman–Crippen MR) is 57.0 cm³/mol. The highest BCUT2D eigenvalue weighted by Gasteiger charge is 2.12. The SMILES string of the molecule is CCNCCS(=O)(=O)c1ccccc1. The lowest BCUT2D eigenvalue weighted by Gasteiger charge is -2.04. The van der Waals surface area contributed by atoms with Gasteiger partial charge in [-0.1, -0.05) is 25.1 Å². The summed E-state index contributed by atoms with van der Waals surface area (Å²) in [5, 5.41) is 2.99. The molecule has 0 bridgehead atoms. The fourth-order valence-corrected chi connectivity index (χ4v) is 2.35. The van der Waals surface area contributed by atoms with Gasteiger partial charge in [0.1, 0.15) is 0 Å². The van der Waals surface area contributed by atoms with Crippen molar-refractivity contribution in [3.05, 3.63) is 30.3 Å². The molecule has 0 amide bonds. The Morgan fingerprint density at radius 2 is 1.86 bits per heavy atom. The van der Waals surface area contributed by atoms with E-state index in [1.165, 1.54) is 0 Å². The average molecular weight is 213 g/mol. The average Bonchev–Trinajstić information content (AvgIpc) is 2.19. The molecule has 0 aromatic heterocycles. The van der Waals surface area contributed by atoms with Gasteiger partial charge in [0, 0.05) is 6.54 Å². The summed E-state index contributed by atoms with van der Waals surface area (Å²) in [5.74, 6) is 0.158. The molecule has 1 aromatic rings. The number of benzene rings is 1. The van der Waals surface area contributed by atoms with Crippen molar-refractivity contribution in [2.75, 3.05) is 18.8 Å². The second kappa shape index (κ2) is 5.12. The molecule has 3 nitrogen and oxygen atoms in total. The third kappa shape index (κ3) is 3.12. The Morgan fingerprint density at radius 3 is 2.43 bits per heavy atom. The summed E-state index contributed by atoms with van der Waals surface area (Å²) in [5.41, 5.74) is 0. The van der Waals surface area contributed by atoms with E-state index < -0.39 is 9.84 Å². The van der Waals surface area contributed by atoms with Gasteiger partial charge < -0.3 is 5.32 Å². The van der Waals surface area contributed by atoms with E-state index in [1.807, 2.05) is 13.0 Å². The van der Waals surface area contributed by atoms with Crippen molar-refractivity contribution >= 4 is 9.84 Å². The van der Waals surface area contributed by atoms with Crippen LogP contribution in [0.5, 0.6) is 0 Å². The summed E-state index contributed by atoms with van der Waals surface area (Å²) in [4.78, 5) is 0.401. The van der Waals surface area contributed by atoms with Crippen molar-refractivity contribution in [1.29, 1.82) is 0 Å². The summed E-state index contributed by atoms with van der Waals surface area (Å²) >= 11 is 0. The first kappa shape index (κ1) is 11.2. The largest absolute Gasteiger partial charge is 0.316 e. The molecule has 1 N–H and O–H groups in total. The van der Waals surface area contributed by atoms with Gasteiger partial charge in [-0.2, -0.15) is 0 Å². The maximum absolute atomic E-state index is 11.7. The van der Waals surface area contributed by atoms with Crippen molar-refractivity contribution in [3.8, 4) is 0 Å². The molecule has 0 aliphatic carbocycles. The van der Waals surface area contributed by atoms with Crippen LogP contribution >= 0.6 is 0 Å². The van der Waals surface area contributed by atoms with Crippen molar-refractivity contribution in [2.24, 2.45) is 0 Å². The third-order valence-electron chi connectivity index (χ3n) is 1.90. The Balaban J connectivity index is 2.67. The van der Waals surface area contributed by atoms with E-state index in [0.29, 0.717) is 11.4 Å². The number of sulfone groups is 1. The zero-order valence-electron chi connectivity index (χ0n) is 8.23. The molecular formula is C10H15NO2S. The Labute approximate surface area is 85.1 Å². The first-order chi connectivity index (χ1) is 6.67. The Kier molecular flexibility index (Phi) is 4.10. The lowest BCUT2D eigenvalue weighted by Crippen LogP contribution is -2.22. The summed E-state index contributed by atoms with van der Waals surface area (Å²) in [6, 6.07) is 8.53. The fourth-order valence-electron chi connectivity index (χ4n) is 1.13. The highest BCUT2D eigenvalue weighted by Crippen LogP contribution is 2.08. The standard InChI is InChI=1S/C10H15NO2S/c1-2-11-8-9-14(12,13)10-6-4-3-5-7-10/h3-7,11H,2,8-9H2,1H3. The normalized spacial score (nSPS) is 11.5. The van der Waals surface area contributed by atoms with Crippen molar-refractivity contribution < 1.29 is 8.42 Å². The highest BCUT2D eigenvalue weighted by molar-refractivity contribution is 7.91. The Bertz CT molecular complexity index is 359. The van der Waals surface area contributed by atoms with Crippen LogP contribution in [-0.2, 0) is 9.84 Å². The van der Waals surface area contributed by atoms with Crippen LogP contribution in [0.25, 0.3) is 0 Å². The van der Waals surface area contributed by atoms with Gasteiger partial charge in [0.15, 0.2) is 9.84 Å². The smallest absolute Gasteiger partial charge is 0.179 e. The lowest BCUT2D eigenvalue weighted by atomic mass is 10.4. The molecule has 0 heterocycles. The summed E-state index contributed by atoms with van der Waals surface area (Å²) in [6.45, 7) is 3.26. The van der Waals surface area contributed by atoms with E-state index in [4.69, 9.17) is 0 Å². The first-order valence-electron chi connectivity index (χ1n) is 4.65. The zero-order valence-corrected chi connectivity index (χ0v) is 9.05. The van der Waals surface area contributed by atoms with Gasteiger partial charge in [-0.05, 0) is 18.7 Å². The van der Waals surface area contributed by atoms with Crippen LogP contribution in [0.2, 0.25) is 0 Å². The highest BCUT2D eigenvalue weighted by atomic mass is 32.2. The van der Waals surface area contributed by atoms with E-state index in [2.05, 4.69) is 5.32 Å². The molecule has 14 heavy (non-hydrogen) atoms. The van der Waals surface area contributed by atoms with Gasteiger partial charge in [0.05, 0.1) is 10.6 Å². The third-order valence-corrected chi connectivity index (χ3v) is 3.63.